The van der Waals surface area contributed by atoms with Crippen molar-refractivity contribution in [3.63, 3.8) is 0 Å². The minimum Gasteiger partial charge on any atom is -0.476 e. The zero-order chi connectivity index (χ0) is 15.0. The smallest absolute Gasteiger partial charge is 0.242 e. The van der Waals surface area contributed by atoms with Crippen molar-refractivity contribution in [3.05, 3.63) is 5.82 Å². The summed E-state index contributed by atoms with van der Waals surface area (Å²) in [4.78, 5) is 8.58. The Balaban J connectivity index is 2.89. The number of methoxy groups -OCH3 is 2. The van der Waals surface area contributed by atoms with Crippen molar-refractivity contribution < 1.29 is 14.2 Å². The fourth-order valence-corrected chi connectivity index (χ4v) is 1.45. The molecule has 0 amide bonds. The zero-order valence-corrected chi connectivity index (χ0v) is 12.6. The van der Waals surface area contributed by atoms with Gasteiger partial charge in [-0.3, -0.25) is 0 Å². The molecule has 0 aromatic carbocycles. The molecule has 7 heteroatoms. The zero-order valence-electron chi connectivity index (χ0n) is 12.6. The van der Waals surface area contributed by atoms with E-state index in [4.69, 9.17) is 19.9 Å². The van der Waals surface area contributed by atoms with Gasteiger partial charge in [0.1, 0.15) is 12.3 Å². The number of ether oxygens (including phenoxy) is 3. The molecule has 3 N–H and O–H groups in total. The number of nitrogen functional groups attached to an aromatic ring is 1. The van der Waals surface area contributed by atoms with Crippen molar-refractivity contribution in [2.24, 2.45) is 5.92 Å². The van der Waals surface area contributed by atoms with E-state index in [1.54, 1.807) is 14.2 Å². The number of nitrogens with one attached hydrogen (secondary N) is 1. The Hall–Kier alpha value is -1.60. The van der Waals surface area contributed by atoms with Crippen LogP contribution in [0.4, 0.5) is 11.5 Å². The number of anilines is 2. The van der Waals surface area contributed by atoms with Crippen LogP contribution in [0.25, 0.3) is 0 Å². The minimum atomic E-state index is 0.303. The largest absolute Gasteiger partial charge is 0.476 e. The van der Waals surface area contributed by atoms with E-state index in [9.17, 15) is 0 Å². The predicted molar refractivity (Wildman–Crippen MR) is 77.9 cm³/mol. The second-order valence-corrected chi connectivity index (χ2v) is 4.76. The van der Waals surface area contributed by atoms with Crippen molar-refractivity contribution >= 4 is 11.5 Å². The number of aromatic nitrogens is 2. The summed E-state index contributed by atoms with van der Waals surface area (Å²) < 4.78 is 15.7. The maximum Gasteiger partial charge on any atom is 0.242 e. The molecule has 0 radical (unpaired) electrons. The molecule has 1 aromatic rings. The van der Waals surface area contributed by atoms with Crippen LogP contribution in [0.3, 0.4) is 0 Å². The molecule has 7 nitrogen and oxygen atoms in total. The SMILES string of the molecule is COCCNc1nc(COC)nc(OCC(C)C)c1N. The molecule has 0 aliphatic heterocycles. The van der Waals surface area contributed by atoms with Crippen LogP contribution in [0, 0.1) is 5.92 Å². The van der Waals surface area contributed by atoms with Gasteiger partial charge in [-0.1, -0.05) is 13.8 Å². The molecule has 0 aliphatic carbocycles. The first-order valence-electron chi connectivity index (χ1n) is 6.59. The van der Waals surface area contributed by atoms with Crippen molar-refractivity contribution in [2.75, 3.05) is 45.0 Å². The van der Waals surface area contributed by atoms with Crippen molar-refractivity contribution in [1.82, 2.24) is 9.97 Å². The van der Waals surface area contributed by atoms with E-state index in [0.29, 0.717) is 55.5 Å². The summed E-state index contributed by atoms with van der Waals surface area (Å²) in [5.41, 5.74) is 6.43. The summed E-state index contributed by atoms with van der Waals surface area (Å²) in [5.74, 6) is 1.85. The van der Waals surface area contributed by atoms with Crippen LogP contribution in [0.2, 0.25) is 0 Å². The molecule has 0 spiro atoms. The third-order valence-electron chi connectivity index (χ3n) is 2.38. The number of hydrogen-bond acceptors (Lipinski definition) is 7. The molecule has 0 atom stereocenters. The van der Waals surface area contributed by atoms with Gasteiger partial charge >= 0.3 is 0 Å². The Kier molecular flexibility index (Phi) is 7.03. The number of nitrogens with two attached hydrogens (primary N) is 1. The van der Waals surface area contributed by atoms with Gasteiger partial charge in [0.05, 0.1) is 13.2 Å². The highest BCUT2D eigenvalue weighted by atomic mass is 16.5. The maximum absolute atomic E-state index is 6.02. The van der Waals surface area contributed by atoms with Gasteiger partial charge in [0.25, 0.3) is 0 Å². The number of hydrogen-bond donors (Lipinski definition) is 2. The van der Waals surface area contributed by atoms with Crippen molar-refractivity contribution in [3.8, 4) is 5.88 Å². The first kappa shape index (κ1) is 16.5. The average Bonchev–Trinajstić information content (AvgIpc) is 2.40. The predicted octanol–water partition coefficient (Wildman–Crippen LogP) is 1.30. The van der Waals surface area contributed by atoms with Crippen LogP contribution in [0.1, 0.15) is 19.7 Å². The van der Waals surface area contributed by atoms with E-state index in [-0.39, 0.29) is 0 Å². The van der Waals surface area contributed by atoms with Crippen LogP contribution in [-0.2, 0) is 16.1 Å². The number of nitrogens with zero attached hydrogens (tertiary/aromatic N) is 2. The molecule has 0 saturated carbocycles. The van der Waals surface area contributed by atoms with Gasteiger partial charge in [-0.25, -0.2) is 4.98 Å². The van der Waals surface area contributed by atoms with Crippen LogP contribution in [0.5, 0.6) is 5.88 Å². The van der Waals surface area contributed by atoms with Gasteiger partial charge < -0.3 is 25.3 Å². The summed E-state index contributed by atoms with van der Waals surface area (Å²) in [5, 5.41) is 3.10. The molecule has 1 aromatic heterocycles. The molecular formula is C13H24N4O3. The minimum absolute atomic E-state index is 0.303. The van der Waals surface area contributed by atoms with E-state index in [1.165, 1.54) is 0 Å². The molecular weight excluding hydrogens is 260 g/mol. The summed E-state index contributed by atoms with van der Waals surface area (Å²) >= 11 is 0. The fraction of sp³-hybridized carbons (Fsp3) is 0.692. The average molecular weight is 284 g/mol. The molecule has 0 fully saturated rings. The normalized spacial score (nSPS) is 10.8. The summed E-state index contributed by atoms with van der Waals surface area (Å²) in [6, 6.07) is 0. The van der Waals surface area contributed by atoms with E-state index in [1.807, 2.05) is 0 Å². The Morgan fingerprint density at radius 2 is 1.95 bits per heavy atom. The Morgan fingerprint density at radius 1 is 1.20 bits per heavy atom. The van der Waals surface area contributed by atoms with Gasteiger partial charge in [0, 0.05) is 20.8 Å². The second-order valence-electron chi connectivity index (χ2n) is 4.76. The quantitative estimate of drug-likeness (QED) is 0.660. The van der Waals surface area contributed by atoms with Gasteiger partial charge in [-0.2, -0.15) is 4.98 Å². The topological polar surface area (TPSA) is 91.5 Å². The number of rotatable bonds is 9. The third-order valence-corrected chi connectivity index (χ3v) is 2.38. The molecule has 0 aliphatic rings. The van der Waals surface area contributed by atoms with Gasteiger partial charge in [0.15, 0.2) is 11.6 Å². The molecule has 114 valence electrons. The van der Waals surface area contributed by atoms with Crippen molar-refractivity contribution in [2.45, 2.75) is 20.5 Å². The summed E-state index contributed by atoms with van der Waals surface area (Å²) in [7, 11) is 3.23. The third kappa shape index (κ3) is 5.18. The lowest BCUT2D eigenvalue weighted by molar-refractivity contribution is 0.176. The molecule has 0 saturated heterocycles. The maximum atomic E-state index is 6.02. The highest BCUT2D eigenvalue weighted by Gasteiger charge is 2.13. The van der Waals surface area contributed by atoms with Gasteiger partial charge in [-0.05, 0) is 5.92 Å². The Labute approximate surface area is 119 Å². The van der Waals surface area contributed by atoms with Crippen LogP contribution < -0.4 is 15.8 Å². The van der Waals surface area contributed by atoms with E-state index in [2.05, 4.69) is 29.1 Å². The highest BCUT2D eigenvalue weighted by molar-refractivity contribution is 5.66. The van der Waals surface area contributed by atoms with Crippen LogP contribution in [0.15, 0.2) is 0 Å². The van der Waals surface area contributed by atoms with Crippen LogP contribution in [-0.4, -0.2) is 43.9 Å². The molecule has 0 unspecified atom stereocenters. The Bertz CT molecular complexity index is 413. The molecule has 0 bridgehead atoms. The fourth-order valence-electron chi connectivity index (χ4n) is 1.45. The Morgan fingerprint density at radius 3 is 2.55 bits per heavy atom. The molecule has 1 rings (SSSR count). The van der Waals surface area contributed by atoms with E-state index >= 15 is 0 Å². The second kappa shape index (κ2) is 8.55. The molecule has 20 heavy (non-hydrogen) atoms. The lowest BCUT2D eigenvalue weighted by Crippen LogP contribution is -2.15. The van der Waals surface area contributed by atoms with Gasteiger partial charge in [-0.15, -0.1) is 0 Å². The highest BCUT2D eigenvalue weighted by Crippen LogP contribution is 2.26. The summed E-state index contributed by atoms with van der Waals surface area (Å²) in [6.45, 7) is 6.14. The van der Waals surface area contributed by atoms with Gasteiger partial charge in [0.2, 0.25) is 5.88 Å². The first-order chi connectivity index (χ1) is 9.58. The summed E-state index contributed by atoms with van der Waals surface area (Å²) in [6.07, 6.45) is 0. The van der Waals surface area contributed by atoms with Crippen molar-refractivity contribution in [1.29, 1.82) is 0 Å². The van der Waals surface area contributed by atoms with E-state index < -0.39 is 0 Å². The lowest BCUT2D eigenvalue weighted by Gasteiger charge is -2.15. The lowest BCUT2D eigenvalue weighted by atomic mass is 10.2. The molecule has 1 heterocycles. The monoisotopic (exact) mass is 284 g/mol. The standard InChI is InChI=1S/C13H24N4O3/c1-9(2)7-20-13-11(14)12(15-5-6-18-3)16-10(17-13)8-19-4/h9H,5-8,14H2,1-4H3,(H,15,16,17). The van der Waals surface area contributed by atoms with E-state index in [0.717, 1.165) is 0 Å². The van der Waals surface area contributed by atoms with Crippen LogP contribution >= 0.6 is 0 Å². The first-order valence-corrected chi connectivity index (χ1v) is 6.59.